The fraction of sp³-hybridized carbons (Fsp3) is 0.400. The van der Waals surface area contributed by atoms with Crippen LogP contribution in [-0.4, -0.2) is 23.4 Å². The van der Waals surface area contributed by atoms with E-state index in [1.807, 2.05) is 26.0 Å². The highest BCUT2D eigenvalue weighted by Crippen LogP contribution is 2.29. The lowest BCUT2D eigenvalue weighted by Crippen LogP contribution is -2.25. The zero-order valence-electron chi connectivity index (χ0n) is 11.1. The van der Waals surface area contributed by atoms with Crippen LogP contribution in [-0.2, 0) is 0 Å². The third-order valence-corrected chi connectivity index (χ3v) is 4.17. The molecule has 1 aliphatic rings. The van der Waals surface area contributed by atoms with Crippen LogP contribution in [0, 0.1) is 13.8 Å². The van der Waals surface area contributed by atoms with E-state index in [1.54, 1.807) is 0 Å². The molecular weight excluding hydrogens is 260 g/mol. The van der Waals surface area contributed by atoms with Gasteiger partial charge in [0.1, 0.15) is 0 Å². The van der Waals surface area contributed by atoms with Gasteiger partial charge in [0.15, 0.2) is 5.78 Å². The molecule has 1 heterocycles. The number of aromatic nitrogens is 1. The van der Waals surface area contributed by atoms with E-state index in [4.69, 9.17) is 11.6 Å². The van der Waals surface area contributed by atoms with Crippen molar-refractivity contribution < 1.29 is 4.79 Å². The number of carbonyl (C=O) groups excluding carboxylic acids is 1. The molecule has 2 aromatic rings. The molecule has 0 radical (unpaired) electrons. The van der Waals surface area contributed by atoms with Gasteiger partial charge in [-0.3, -0.25) is 4.79 Å². The number of aromatic amines is 1. The predicted octanol–water partition coefficient (Wildman–Crippen LogP) is 3.37. The number of benzene rings is 1. The van der Waals surface area contributed by atoms with Crippen molar-refractivity contribution in [1.82, 2.24) is 10.3 Å². The summed E-state index contributed by atoms with van der Waals surface area (Å²) >= 11 is 6.12. The quantitative estimate of drug-likeness (QED) is 0.841. The highest BCUT2D eigenvalue weighted by molar-refractivity contribution is 6.32. The smallest absolute Gasteiger partial charge is 0.179 e. The number of ketones is 1. The van der Waals surface area contributed by atoms with Crippen molar-refractivity contribution in [3.8, 4) is 0 Å². The van der Waals surface area contributed by atoms with E-state index in [0.29, 0.717) is 12.6 Å². The van der Waals surface area contributed by atoms with Gasteiger partial charge in [-0.25, -0.2) is 0 Å². The average molecular weight is 277 g/mol. The molecule has 0 unspecified atom stereocenters. The molecule has 0 bridgehead atoms. The fourth-order valence-corrected chi connectivity index (χ4v) is 2.64. The first kappa shape index (κ1) is 12.7. The van der Waals surface area contributed by atoms with E-state index in [9.17, 15) is 4.79 Å². The Kier molecular flexibility index (Phi) is 3.11. The first-order chi connectivity index (χ1) is 9.08. The number of fused-ring (bicyclic) bond motifs is 1. The highest BCUT2D eigenvalue weighted by atomic mass is 35.5. The number of nitrogens with one attached hydrogen (secondary N) is 2. The molecule has 2 N–H and O–H groups in total. The van der Waals surface area contributed by atoms with Crippen molar-refractivity contribution in [2.75, 3.05) is 6.54 Å². The fourth-order valence-electron chi connectivity index (χ4n) is 2.48. The van der Waals surface area contributed by atoms with Crippen molar-refractivity contribution in [1.29, 1.82) is 0 Å². The van der Waals surface area contributed by atoms with Crippen LogP contribution in [0.1, 0.15) is 34.5 Å². The average Bonchev–Trinajstić information content (AvgIpc) is 3.14. The number of Topliss-reactive ketones (excluding diaryl/α,β-unsaturated/α-hetero) is 1. The number of aryl methyl sites for hydroxylation is 2. The molecule has 0 amide bonds. The minimum Gasteiger partial charge on any atom is -0.358 e. The molecule has 0 spiro atoms. The van der Waals surface area contributed by atoms with Gasteiger partial charge in [-0.15, -0.1) is 0 Å². The summed E-state index contributed by atoms with van der Waals surface area (Å²) in [5.41, 5.74) is 3.68. The largest absolute Gasteiger partial charge is 0.358 e. The van der Waals surface area contributed by atoms with Crippen LogP contribution in [0.2, 0.25) is 5.02 Å². The van der Waals surface area contributed by atoms with Crippen molar-refractivity contribution in [2.45, 2.75) is 32.7 Å². The van der Waals surface area contributed by atoms with Crippen LogP contribution in [0.3, 0.4) is 0 Å². The summed E-state index contributed by atoms with van der Waals surface area (Å²) < 4.78 is 0. The van der Waals surface area contributed by atoms with Gasteiger partial charge in [-0.05, 0) is 38.3 Å². The van der Waals surface area contributed by atoms with Crippen molar-refractivity contribution in [2.24, 2.45) is 0 Å². The van der Waals surface area contributed by atoms with Crippen molar-refractivity contribution in [3.63, 3.8) is 0 Å². The zero-order chi connectivity index (χ0) is 13.6. The maximum Gasteiger partial charge on any atom is 0.179 e. The first-order valence-corrected chi connectivity index (χ1v) is 6.99. The SMILES string of the molecule is Cc1[nH]c2c(C)c(Cl)ccc2c1C(=O)CNC1CC1. The highest BCUT2D eigenvalue weighted by Gasteiger charge is 2.23. The molecule has 1 aromatic carbocycles. The van der Waals surface area contributed by atoms with E-state index in [2.05, 4.69) is 10.3 Å². The third kappa shape index (κ3) is 2.28. The number of carbonyl (C=O) groups is 1. The summed E-state index contributed by atoms with van der Waals surface area (Å²) in [5, 5.41) is 4.97. The second kappa shape index (κ2) is 4.66. The van der Waals surface area contributed by atoms with E-state index in [1.165, 1.54) is 12.8 Å². The Balaban J connectivity index is 1.99. The predicted molar refractivity (Wildman–Crippen MR) is 78.1 cm³/mol. The Morgan fingerprint density at radius 2 is 2.16 bits per heavy atom. The zero-order valence-corrected chi connectivity index (χ0v) is 11.9. The Morgan fingerprint density at radius 3 is 2.84 bits per heavy atom. The molecular formula is C15H17ClN2O. The molecule has 1 aromatic heterocycles. The molecule has 19 heavy (non-hydrogen) atoms. The minimum atomic E-state index is 0.150. The number of rotatable bonds is 4. The summed E-state index contributed by atoms with van der Waals surface area (Å²) in [5.74, 6) is 0.150. The van der Waals surface area contributed by atoms with Crippen LogP contribution < -0.4 is 5.32 Å². The molecule has 100 valence electrons. The number of hydrogen-bond acceptors (Lipinski definition) is 2. The van der Waals surface area contributed by atoms with Gasteiger partial charge >= 0.3 is 0 Å². The summed E-state index contributed by atoms with van der Waals surface area (Å²) in [6.07, 6.45) is 2.38. The molecule has 1 fully saturated rings. The van der Waals surface area contributed by atoms with Crippen LogP contribution >= 0.6 is 11.6 Å². The van der Waals surface area contributed by atoms with Gasteiger partial charge < -0.3 is 10.3 Å². The summed E-state index contributed by atoms with van der Waals surface area (Å²) in [4.78, 5) is 15.6. The second-order valence-electron chi connectivity index (χ2n) is 5.30. The van der Waals surface area contributed by atoms with Crippen LogP contribution in [0.5, 0.6) is 0 Å². The second-order valence-corrected chi connectivity index (χ2v) is 5.71. The Labute approximate surface area is 117 Å². The van der Waals surface area contributed by atoms with Crippen molar-refractivity contribution >= 4 is 28.3 Å². The number of H-pyrrole nitrogens is 1. The monoisotopic (exact) mass is 276 g/mol. The Morgan fingerprint density at radius 1 is 1.42 bits per heavy atom. The summed E-state index contributed by atoms with van der Waals surface area (Å²) in [6, 6.07) is 4.33. The van der Waals surface area contributed by atoms with Gasteiger partial charge in [-0.2, -0.15) is 0 Å². The summed E-state index contributed by atoms with van der Waals surface area (Å²) in [6.45, 7) is 4.33. The lowest BCUT2D eigenvalue weighted by atomic mass is 10.0. The van der Waals surface area contributed by atoms with E-state index in [0.717, 1.165) is 32.7 Å². The van der Waals surface area contributed by atoms with Crippen LogP contribution in [0.25, 0.3) is 10.9 Å². The maximum absolute atomic E-state index is 12.4. The number of hydrogen-bond donors (Lipinski definition) is 2. The van der Waals surface area contributed by atoms with E-state index >= 15 is 0 Å². The molecule has 4 heteroatoms. The van der Waals surface area contributed by atoms with Crippen LogP contribution in [0.15, 0.2) is 12.1 Å². The molecule has 1 aliphatic carbocycles. The minimum absolute atomic E-state index is 0.150. The number of halogens is 1. The Bertz CT molecular complexity index is 656. The van der Waals surface area contributed by atoms with E-state index in [-0.39, 0.29) is 5.78 Å². The summed E-state index contributed by atoms with van der Waals surface area (Å²) in [7, 11) is 0. The third-order valence-electron chi connectivity index (χ3n) is 3.76. The lowest BCUT2D eigenvalue weighted by molar-refractivity contribution is 0.0991. The van der Waals surface area contributed by atoms with Crippen LogP contribution in [0.4, 0.5) is 0 Å². The molecule has 0 saturated heterocycles. The maximum atomic E-state index is 12.4. The first-order valence-electron chi connectivity index (χ1n) is 6.62. The van der Waals surface area contributed by atoms with Gasteiger partial charge in [-0.1, -0.05) is 17.7 Å². The van der Waals surface area contributed by atoms with E-state index < -0.39 is 0 Å². The lowest BCUT2D eigenvalue weighted by Gasteiger charge is -2.03. The molecule has 3 rings (SSSR count). The molecule has 1 saturated carbocycles. The van der Waals surface area contributed by atoms with Gasteiger partial charge in [0.2, 0.25) is 0 Å². The molecule has 0 atom stereocenters. The van der Waals surface area contributed by atoms with Gasteiger partial charge in [0.05, 0.1) is 12.1 Å². The molecule has 3 nitrogen and oxygen atoms in total. The standard InChI is InChI=1S/C15H17ClN2O/c1-8-12(16)6-5-11-14(9(2)18-15(8)11)13(19)7-17-10-3-4-10/h5-6,10,17-18H,3-4,7H2,1-2H3. The normalized spacial score (nSPS) is 15.1. The molecule has 0 aliphatic heterocycles. The Hall–Kier alpha value is -1.32. The van der Waals surface area contributed by atoms with Gasteiger partial charge in [0, 0.05) is 27.7 Å². The van der Waals surface area contributed by atoms with Gasteiger partial charge in [0.25, 0.3) is 0 Å². The van der Waals surface area contributed by atoms with Crippen molar-refractivity contribution in [3.05, 3.63) is 34.0 Å². The topological polar surface area (TPSA) is 44.9 Å².